The predicted molar refractivity (Wildman–Crippen MR) is 152 cm³/mol. The summed E-state index contributed by atoms with van der Waals surface area (Å²) < 4.78 is 8.72. The van der Waals surface area contributed by atoms with Gasteiger partial charge in [-0.15, -0.1) is 0 Å². The normalized spacial score (nSPS) is 11.1. The summed E-state index contributed by atoms with van der Waals surface area (Å²) in [5.41, 5.74) is 3.25. The van der Waals surface area contributed by atoms with E-state index in [0.29, 0.717) is 37.0 Å². The van der Waals surface area contributed by atoms with E-state index in [1.165, 1.54) is 4.68 Å². The Bertz CT molecular complexity index is 1720. The summed E-state index contributed by atoms with van der Waals surface area (Å²) in [5.74, 6) is 1.05. The summed E-state index contributed by atoms with van der Waals surface area (Å²) in [4.78, 5) is 18.1. The molecule has 6 nitrogen and oxygen atoms in total. The van der Waals surface area contributed by atoms with E-state index >= 15 is 0 Å². The molecule has 0 unspecified atom stereocenters. The number of fused-ring (bicyclic) bond motifs is 1. The standard InChI is InChI=1S/C29H18Br2N4O2/c30-24-14-19(15-25(31)27(24)37-18-22-11-5-4-10-21(22)16-32)17-33-35-28(20-8-2-1-3-9-20)34-26-13-7-6-12-23(26)29(35)36/h1-15,17H,18H2. The summed E-state index contributed by atoms with van der Waals surface area (Å²) in [6.45, 7) is 0.243. The van der Waals surface area contributed by atoms with Gasteiger partial charge in [0, 0.05) is 11.1 Å². The molecule has 0 spiro atoms. The van der Waals surface area contributed by atoms with Gasteiger partial charge in [-0.05, 0) is 67.8 Å². The van der Waals surface area contributed by atoms with Gasteiger partial charge in [0.05, 0.1) is 37.7 Å². The van der Waals surface area contributed by atoms with Crippen LogP contribution in [0.3, 0.4) is 0 Å². The molecule has 8 heteroatoms. The molecule has 0 N–H and O–H groups in total. The van der Waals surface area contributed by atoms with Crippen LogP contribution in [0.25, 0.3) is 22.3 Å². The molecule has 0 aliphatic rings. The highest BCUT2D eigenvalue weighted by atomic mass is 79.9. The SMILES string of the molecule is N#Cc1ccccc1COc1c(Br)cc(C=Nn2c(-c3ccccc3)nc3ccccc3c2=O)cc1Br. The van der Waals surface area contributed by atoms with Crippen LogP contribution in [0.2, 0.25) is 0 Å². The van der Waals surface area contributed by atoms with Crippen LogP contribution in [0.5, 0.6) is 5.75 Å². The van der Waals surface area contributed by atoms with Crippen molar-refractivity contribution in [3.63, 3.8) is 0 Å². The van der Waals surface area contributed by atoms with Crippen LogP contribution >= 0.6 is 31.9 Å². The Hall–Kier alpha value is -4.06. The van der Waals surface area contributed by atoms with Crippen molar-refractivity contribution in [2.75, 3.05) is 0 Å². The van der Waals surface area contributed by atoms with Gasteiger partial charge in [0.1, 0.15) is 12.4 Å². The average molecular weight is 614 g/mol. The summed E-state index contributed by atoms with van der Waals surface area (Å²) >= 11 is 7.14. The van der Waals surface area contributed by atoms with E-state index in [0.717, 1.165) is 16.7 Å². The van der Waals surface area contributed by atoms with Crippen molar-refractivity contribution in [1.82, 2.24) is 9.66 Å². The molecule has 0 amide bonds. The molecule has 4 aromatic carbocycles. The lowest BCUT2D eigenvalue weighted by Crippen LogP contribution is -2.20. The van der Waals surface area contributed by atoms with E-state index in [2.05, 4.69) is 43.0 Å². The second kappa shape index (κ2) is 10.9. The Labute approximate surface area is 229 Å². The highest BCUT2D eigenvalue weighted by molar-refractivity contribution is 9.11. The number of benzene rings is 4. The first-order chi connectivity index (χ1) is 18.0. The van der Waals surface area contributed by atoms with Gasteiger partial charge in [-0.2, -0.15) is 15.0 Å². The maximum atomic E-state index is 13.4. The molecule has 1 aromatic heterocycles. The molecule has 0 fully saturated rings. The van der Waals surface area contributed by atoms with Crippen LogP contribution in [-0.2, 0) is 6.61 Å². The van der Waals surface area contributed by atoms with Gasteiger partial charge in [0.2, 0.25) is 0 Å². The average Bonchev–Trinajstić information content (AvgIpc) is 2.92. The Kier molecular flexibility index (Phi) is 7.26. The number of aromatic nitrogens is 2. The van der Waals surface area contributed by atoms with Crippen LogP contribution < -0.4 is 10.3 Å². The smallest absolute Gasteiger partial charge is 0.282 e. The first-order valence-electron chi connectivity index (χ1n) is 11.3. The van der Waals surface area contributed by atoms with Crippen molar-refractivity contribution >= 4 is 49.0 Å². The lowest BCUT2D eigenvalue weighted by atomic mass is 10.1. The van der Waals surface area contributed by atoms with E-state index in [-0.39, 0.29) is 12.2 Å². The number of hydrogen-bond acceptors (Lipinski definition) is 5. The summed E-state index contributed by atoms with van der Waals surface area (Å²) in [5, 5.41) is 14.3. The highest BCUT2D eigenvalue weighted by Crippen LogP contribution is 2.35. The van der Waals surface area contributed by atoms with Gasteiger partial charge < -0.3 is 4.74 Å². The first-order valence-corrected chi connectivity index (χ1v) is 12.8. The zero-order valence-corrected chi connectivity index (χ0v) is 22.5. The van der Waals surface area contributed by atoms with E-state index in [1.807, 2.05) is 78.9 Å². The van der Waals surface area contributed by atoms with E-state index < -0.39 is 0 Å². The third-order valence-corrected chi connectivity index (χ3v) is 6.82. The fraction of sp³-hybridized carbons (Fsp3) is 0.0345. The lowest BCUT2D eigenvalue weighted by Gasteiger charge is -2.12. The van der Waals surface area contributed by atoms with E-state index in [4.69, 9.17) is 9.72 Å². The van der Waals surface area contributed by atoms with Gasteiger partial charge in [0.25, 0.3) is 5.56 Å². The number of nitrogens with zero attached hydrogens (tertiary/aromatic N) is 4. The van der Waals surface area contributed by atoms with Crippen molar-refractivity contribution in [2.45, 2.75) is 6.61 Å². The zero-order valence-electron chi connectivity index (χ0n) is 19.3. The third kappa shape index (κ3) is 5.24. The number of ether oxygens (including phenoxy) is 1. The highest BCUT2D eigenvalue weighted by Gasteiger charge is 2.13. The van der Waals surface area contributed by atoms with Gasteiger partial charge in [0.15, 0.2) is 5.82 Å². The number of hydrogen-bond donors (Lipinski definition) is 0. The molecule has 37 heavy (non-hydrogen) atoms. The van der Waals surface area contributed by atoms with E-state index in [9.17, 15) is 10.1 Å². The van der Waals surface area contributed by atoms with Crippen molar-refractivity contribution in [1.29, 1.82) is 5.26 Å². The van der Waals surface area contributed by atoms with Crippen LogP contribution in [0.1, 0.15) is 16.7 Å². The summed E-state index contributed by atoms with van der Waals surface area (Å²) in [6.07, 6.45) is 1.61. The van der Waals surface area contributed by atoms with Gasteiger partial charge in [-0.25, -0.2) is 4.98 Å². The zero-order chi connectivity index (χ0) is 25.8. The number of nitriles is 1. The molecule has 180 valence electrons. The number of rotatable bonds is 6. The summed E-state index contributed by atoms with van der Waals surface area (Å²) in [6, 6.07) is 29.9. The van der Waals surface area contributed by atoms with Crippen LogP contribution in [0, 0.1) is 11.3 Å². The monoisotopic (exact) mass is 612 g/mol. The maximum absolute atomic E-state index is 13.4. The quantitative estimate of drug-likeness (QED) is 0.195. The molecule has 0 aliphatic heterocycles. The van der Waals surface area contributed by atoms with Crippen LogP contribution in [-0.4, -0.2) is 15.9 Å². The fourth-order valence-electron chi connectivity index (χ4n) is 3.83. The maximum Gasteiger partial charge on any atom is 0.282 e. The first kappa shape index (κ1) is 24.6. The lowest BCUT2D eigenvalue weighted by molar-refractivity contribution is 0.302. The van der Waals surface area contributed by atoms with Crippen LogP contribution in [0.15, 0.2) is 110 Å². The predicted octanol–water partition coefficient (Wildman–Crippen LogP) is 6.92. The van der Waals surface area contributed by atoms with Gasteiger partial charge in [-0.3, -0.25) is 4.79 Å². The van der Waals surface area contributed by atoms with Crippen LogP contribution in [0.4, 0.5) is 0 Å². The molecular weight excluding hydrogens is 596 g/mol. The minimum atomic E-state index is -0.255. The molecule has 0 saturated carbocycles. The molecular formula is C29H18Br2N4O2. The summed E-state index contributed by atoms with van der Waals surface area (Å²) in [7, 11) is 0. The number of halogens is 2. The van der Waals surface area contributed by atoms with E-state index in [1.54, 1.807) is 18.3 Å². The Balaban J connectivity index is 1.49. The van der Waals surface area contributed by atoms with Crippen molar-refractivity contribution in [2.24, 2.45) is 5.10 Å². The van der Waals surface area contributed by atoms with Crippen molar-refractivity contribution in [3.05, 3.63) is 127 Å². The fourth-order valence-corrected chi connectivity index (χ4v) is 5.28. The van der Waals surface area contributed by atoms with Gasteiger partial charge >= 0.3 is 0 Å². The molecule has 5 rings (SSSR count). The molecule has 0 saturated heterocycles. The molecule has 0 aliphatic carbocycles. The van der Waals surface area contributed by atoms with Crippen molar-refractivity contribution < 1.29 is 4.74 Å². The third-order valence-electron chi connectivity index (χ3n) is 5.64. The largest absolute Gasteiger partial charge is 0.486 e. The van der Waals surface area contributed by atoms with Gasteiger partial charge in [-0.1, -0.05) is 60.7 Å². The second-order valence-electron chi connectivity index (χ2n) is 8.05. The Morgan fingerprint density at radius 3 is 2.38 bits per heavy atom. The second-order valence-corrected chi connectivity index (χ2v) is 9.76. The molecule has 0 atom stereocenters. The molecule has 5 aromatic rings. The number of para-hydroxylation sites is 1. The topological polar surface area (TPSA) is 80.3 Å². The minimum absolute atomic E-state index is 0.243. The minimum Gasteiger partial charge on any atom is -0.486 e. The Morgan fingerprint density at radius 2 is 1.62 bits per heavy atom. The van der Waals surface area contributed by atoms with Crippen molar-refractivity contribution in [3.8, 4) is 23.2 Å². The molecule has 0 radical (unpaired) electrons. The molecule has 1 heterocycles. The Morgan fingerprint density at radius 1 is 0.946 bits per heavy atom. The molecule has 0 bridgehead atoms.